The van der Waals surface area contributed by atoms with Crippen LogP contribution in [0.2, 0.25) is 0 Å². The average molecular weight is 619 g/mol. The number of hydrogen-bond donors (Lipinski definition) is 1. The number of rotatable bonds is 11. The van der Waals surface area contributed by atoms with Crippen LogP contribution in [-0.4, -0.2) is 57.4 Å². The third-order valence-corrected chi connectivity index (χ3v) is 7.96. The molecule has 0 saturated carbocycles. The lowest BCUT2D eigenvalue weighted by Gasteiger charge is -2.22. The average Bonchev–Trinajstić information content (AvgIpc) is 3.69. The van der Waals surface area contributed by atoms with Gasteiger partial charge in [-0.05, 0) is 93.0 Å². The molecule has 7 nitrogen and oxygen atoms in total. The monoisotopic (exact) mass is 618 g/mol. The number of anilines is 1. The van der Waals surface area contributed by atoms with Gasteiger partial charge in [0.05, 0.1) is 19.3 Å². The molecule has 45 heavy (non-hydrogen) atoms. The van der Waals surface area contributed by atoms with Gasteiger partial charge in [0, 0.05) is 25.3 Å². The van der Waals surface area contributed by atoms with Crippen LogP contribution >= 0.6 is 0 Å². The van der Waals surface area contributed by atoms with Gasteiger partial charge in [-0.3, -0.25) is 4.90 Å². The van der Waals surface area contributed by atoms with Crippen molar-refractivity contribution in [3.63, 3.8) is 0 Å². The SMILES string of the molecule is CCC.CCc1cc(C)ccc1NC.Cc1c([C@@H]2C[C@H](c3ccc(OCCOC(C)C)cc3)N(CC=O)C2)ccc2c1OCO2. The largest absolute Gasteiger partial charge is 0.491 e. The predicted molar refractivity (Wildman–Crippen MR) is 184 cm³/mol. The van der Waals surface area contributed by atoms with Crippen molar-refractivity contribution < 1.29 is 23.7 Å². The lowest BCUT2D eigenvalue weighted by atomic mass is 9.90. The van der Waals surface area contributed by atoms with Gasteiger partial charge >= 0.3 is 0 Å². The van der Waals surface area contributed by atoms with Crippen molar-refractivity contribution in [2.45, 2.75) is 85.8 Å². The summed E-state index contributed by atoms with van der Waals surface area (Å²) in [5.41, 5.74) is 7.59. The van der Waals surface area contributed by atoms with Gasteiger partial charge in [-0.15, -0.1) is 0 Å². The smallest absolute Gasteiger partial charge is 0.231 e. The van der Waals surface area contributed by atoms with E-state index in [0.717, 1.165) is 48.5 Å². The molecule has 3 aromatic carbocycles. The van der Waals surface area contributed by atoms with Crippen LogP contribution < -0.4 is 19.5 Å². The van der Waals surface area contributed by atoms with E-state index in [1.165, 1.54) is 34.4 Å². The van der Waals surface area contributed by atoms with Crippen molar-refractivity contribution in [1.82, 2.24) is 4.90 Å². The minimum atomic E-state index is 0.193. The standard InChI is InChI=1S/C25H31NO5.C10H15N.C3H8/c1-17(2)28-12-13-29-21-6-4-19(5-7-21)23-14-20(15-26(23)10-11-27)22-8-9-24-25(18(22)3)31-16-30-24;1-4-9-7-8(2)5-6-10(9)11-3;1-3-2/h4-9,11,17,20,23H,10,12-16H2,1-3H3;5-7,11H,4H2,1-3H3;3H2,1-2H3/t20-,23-;;/m1../s1. The van der Waals surface area contributed by atoms with E-state index >= 15 is 0 Å². The molecule has 2 atom stereocenters. The molecule has 2 aliphatic rings. The molecule has 1 N–H and O–H groups in total. The van der Waals surface area contributed by atoms with Crippen LogP contribution in [0.4, 0.5) is 5.69 Å². The van der Waals surface area contributed by atoms with Crippen LogP contribution in [-0.2, 0) is 16.0 Å². The van der Waals surface area contributed by atoms with Gasteiger partial charge in [0.15, 0.2) is 11.5 Å². The Hall–Kier alpha value is -3.55. The summed E-state index contributed by atoms with van der Waals surface area (Å²) in [5.74, 6) is 2.84. The second-order valence-corrected chi connectivity index (χ2v) is 11.9. The van der Waals surface area contributed by atoms with Crippen molar-refractivity contribution in [1.29, 1.82) is 0 Å². The topological polar surface area (TPSA) is 69.3 Å². The molecule has 246 valence electrons. The Labute approximate surface area is 271 Å². The van der Waals surface area contributed by atoms with E-state index in [0.29, 0.717) is 25.7 Å². The molecule has 1 fully saturated rings. The van der Waals surface area contributed by atoms with Crippen molar-refractivity contribution in [2.24, 2.45) is 0 Å². The van der Waals surface area contributed by atoms with Crippen molar-refractivity contribution in [3.8, 4) is 17.2 Å². The summed E-state index contributed by atoms with van der Waals surface area (Å²) in [6, 6.07) is 19.0. The number of nitrogens with zero attached hydrogens (tertiary/aromatic N) is 1. The normalized spacial score (nSPS) is 16.8. The summed E-state index contributed by atoms with van der Waals surface area (Å²) in [5, 5.41) is 3.17. The van der Waals surface area contributed by atoms with Crippen molar-refractivity contribution in [2.75, 3.05) is 45.5 Å². The minimum absolute atomic E-state index is 0.193. The highest BCUT2D eigenvalue weighted by Gasteiger charge is 2.35. The third kappa shape index (κ3) is 10.2. The number of nitrogens with one attached hydrogen (secondary N) is 1. The number of ether oxygens (including phenoxy) is 4. The van der Waals surface area contributed by atoms with Crippen molar-refractivity contribution >= 4 is 12.0 Å². The maximum atomic E-state index is 11.3. The Morgan fingerprint density at radius 1 is 1.00 bits per heavy atom. The number of aryl methyl sites for hydroxylation is 2. The molecule has 1 saturated heterocycles. The maximum absolute atomic E-state index is 11.3. The molecule has 0 aromatic heterocycles. The van der Waals surface area contributed by atoms with E-state index in [4.69, 9.17) is 18.9 Å². The highest BCUT2D eigenvalue weighted by atomic mass is 16.7. The Balaban J connectivity index is 0.000000329. The Morgan fingerprint density at radius 3 is 2.38 bits per heavy atom. The van der Waals surface area contributed by atoms with Crippen molar-refractivity contribution in [3.05, 3.63) is 82.4 Å². The van der Waals surface area contributed by atoms with Gasteiger partial charge in [-0.1, -0.05) is 63.1 Å². The van der Waals surface area contributed by atoms with Crippen LogP contribution in [0.15, 0.2) is 54.6 Å². The zero-order valence-electron chi connectivity index (χ0n) is 28.7. The minimum Gasteiger partial charge on any atom is -0.491 e. The lowest BCUT2D eigenvalue weighted by Crippen LogP contribution is -2.25. The van der Waals surface area contributed by atoms with Gasteiger partial charge in [0.25, 0.3) is 0 Å². The molecule has 5 rings (SSSR count). The maximum Gasteiger partial charge on any atom is 0.231 e. The zero-order chi connectivity index (χ0) is 32.8. The molecule has 0 radical (unpaired) electrons. The number of likely N-dealkylation sites (tertiary alicyclic amines) is 1. The molecule has 2 heterocycles. The number of aldehydes is 1. The molecule has 0 amide bonds. The summed E-state index contributed by atoms with van der Waals surface area (Å²) < 4.78 is 22.5. The molecular weight excluding hydrogens is 564 g/mol. The van der Waals surface area contributed by atoms with Crippen LogP contribution in [0.5, 0.6) is 17.2 Å². The van der Waals surface area contributed by atoms with E-state index in [1.807, 2.05) is 39.1 Å². The highest BCUT2D eigenvalue weighted by molar-refractivity contribution is 5.54. The van der Waals surface area contributed by atoms with Crippen LogP contribution in [0.3, 0.4) is 0 Å². The summed E-state index contributed by atoms with van der Waals surface area (Å²) in [4.78, 5) is 13.6. The first-order valence-electron chi connectivity index (χ1n) is 16.4. The third-order valence-electron chi connectivity index (χ3n) is 7.96. The molecule has 0 unspecified atom stereocenters. The highest BCUT2D eigenvalue weighted by Crippen LogP contribution is 2.45. The van der Waals surface area contributed by atoms with Gasteiger partial charge in [0.2, 0.25) is 6.79 Å². The van der Waals surface area contributed by atoms with E-state index < -0.39 is 0 Å². The molecule has 0 spiro atoms. The Kier molecular flexibility index (Phi) is 14.7. The number of fused-ring (bicyclic) bond motifs is 1. The quantitative estimate of drug-likeness (QED) is 0.171. The van der Waals surface area contributed by atoms with Gasteiger partial charge in [0.1, 0.15) is 18.6 Å². The first kappa shape index (κ1) is 35.9. The fourth-order valence-corrected chi connectivity index (χ4v) is 5.83. The van der Waals surface area contributed by atoms with Gasteiger partial charge < -0.3 is 29.1 Å². The molecule has 0 bridgehead atoms. The zero-order valence-corrected chi connectivity index (χ0v) is 28.7. The second-order valence-electron chi connectivity index (χ2n) is 11.9. The van der Waals surface area contributed by atoms with E-state index in [9.17, 15) is 4.79 Å². The van der Waals surface area contributed by atoms with E-state index in [2.05, 4.69) is 81.2 Å². The summed E-state index contributed by atoms with van der Waals surface area (Å²) in [6.07, 6.45) is 4.50. The number of hydrogen-bond acceptors (Lipinski definition) is 7. The number of carbonyl (C=O) groups excluding carboxylic acids is 1. The first-order chi connectivity index (χ1) is 21.8. The van der Waals surface area contributed by atoms with Crippen LogP contribution in [0.25, 0.3) is 0 Å². The molecule has 0 aliphatic carbocycles. The Morgan fingerprint density at radius 2 is 1.73 bits per heavy atom. The number of benzene rings is 3. The summed E-state index contributed by atoms with van der Waals surface area (Å²) in [6.45, 7) is 17.3. The molecule has 2 aliphatic heterocycles. The summed E-state index contributed by atoms with van der Waals surface area (Å²) >= 11 is 0. The van der Waals surface area contributed by atoms with E-state index in [1.54, 1.807) is 0 Å². The van der Waals surface area contributed by atoms with Crippen LogP contribution in [0.1, 0.15) is 87.2 Å². The molecule has 7 heteroatoms. The molecule has 3 aromatic rings. The Bertz CT molecular complexity index is 1320. The fraction of sp³-hybridized carbons (Fsp3) is 0.500. The predicted octanol–water partition coefficient (Wildman–Crippen LogP) is 8.27. The summed E-state index contributed by atoms with van der Waals surface area (Å²) in [7, 11) is 1.96. The fourth-order valence-electron chi connectivity index (χ4n) is 5.83. The first-order valence-corrected chi connectivity index (χ1v) is 16.4. The lowest BCUT2D eigenvalue weighted by molar-refractivity contribution is -0.109. The van der Waals surface area contributed by atoms with E-state index in [-0.39, 0.29) is 18.9 Å². The van der Waals surface area contributed by atoms with Gasteiger partial charge in [-0.25, -0.2) is 0 Å². The molecular formula is C38H54N2O5. The van der Waals surface area contributed by atoms with Gasteiger partial charge in [-0.2, -0.15) is 0 Å². The number of carbonyl (C=O) groups is 1. The van der Waals surface area contributed by atoms with Crippen LogP contribution in [0, 0.1) is 13.8 Å². The second kappa shape index (κ2) is 18.4.